The number of hydrogen-bond acceptors (Lipinski definition) is 3. The topological polar surface area (TPSA) is 71.4 Å². The van der Waals surface area contributed by atoms with Gasteiger partial charge in [0, 0.05) is 17.5 Å². The number of carboxylic acid groups (broad SMARTS) is 1. The number of hydrogen-bond donors (Lipinski definition) is 1. The molecular weight excluding hydrogens is 424 g/mol. The maximum Gasteiger partial charge on any atom is 0.303 e. The Labute approximate surface area is 213 Å². The van der Waals surface area contributed by atoms with Crippen molar-refractivity contribution < 1.29 is 19.5 Å². The Kier molecular flexibility index (Phi) is 81.3. The molecule has 34 heavy (non-hydrogen) atoms. The number of rotatable bonds is 5. The predicted molar refractivity (Wildman–Crippen MR) is 156 cm³/mol. The summed E-state index contributed by atoms with van der Waals surface area (Å²) in [4.78, 5) is 29.6. The van der Waals surface area contributed by atoms with Crippen molar-refractivity contribution in [3.05, 3.63) is 71.8 Å². The number of unbranched alkanes of at least 4 members (excludes halogenated alkanes) is 1. The van der Waals surface area contributed by atoms with Gasteiger partial charge in [-0.05, 0) is 6.42 Å². The van der Waals surface area contributed by atoms with Crippen LogP contribution >= 0.6 is 0 Å². The molecule has 0 aliphatic rings. The second-order valence-electron chi connectivity index (χ2n) is 5.20. The summed E-state index contributed by atoms with van der Waals surface area (Å²) in [5, 5.41) is 7.91. The van der Waals surface area contributed by atoms with E-state index >= 15 is 0 Å². The van der Waals surface area contributed by atoms with Crippen LogP contribution in [0.4, 0.5) is 0 Å². The molecule has 1 N–H and O–H groups in total. The van der Waals surface area contributed by atoms with Gasteiger partial charge in [-0.25, -0.2) is 0 Å². The molecule has 0 saturated heterocycles. The van der Waals surface area contributed by atoms with Gasteiger partial charge in [-0.3, -0.25) is 14.4 Å². The number of aldehydes is 2. The molecule has 4 heteroatoms. The maximum atomic E-state index is 10.0. The lowest BCUT2D eigenvalue weighted by atomic mass is 10.2. The lowest BCUT2D eigenvalue weighted by molar-refractivity contribution is -0.137. The molecule has 2 rings (SSSR count). The van der Waals surface area contributed by atoms with Gasteiger partial charge in [0.1, 0.15) is 12.6 Å². The van der Waals surface area contributed by atoms with E-state index in [-0.39, 0.29) is 29.7 Å². The molecule has 202 valence electrons. The third-order valence-corrected chi connectivity index (χ3v) is 2.84. The zero-order valence-electron chi connectivity index (χ0n) is 19.9. The average Bonchev–Trinajstić information content (AvgIpc) is 2.83. The van der Waals surface area contributed by atoms with Gasteiger partial charge in [0.25, 0.3) is 0 Å². The van der Waals surface area contributed by atoms with Crippen molar-refractivity contribution in [2.45, 2.75) is 104 Å². The fourth-order valence-corrected chi connectivity index (χ4v) is 1.28. The Hall–Kier alpha value is -2.75. The van der Waals surface area contributed by atoms with E-state index in [0.29, 0.717) is 6.42 Å². The van der Waals surface area contributed by atoms with E-state index in [1.807, 2.05) is 71.0 Å². The summed E-state index contributed by atoms with van der Waals surface area (Å²) in [6.07, 6.45) is 5.33. The summed E-state index contributed by atoms with van der Waals surface area (Å²) in [5.41, 5.74) is 1.46. The van der Waals surface area contributed by atoms with E-state index < -0.39 is 5.97 Å². The van der Waals surface area contributed by atoms with Crippen LogP contribution in [0, 0.1) is 0 Å². The van der Waals surface area contributed by atoms with Gasteiger partial charge in [0.05, 0.1) is 0 Å². The molecule has 0 spiro atoms. The highest BCUT2D eigenvalue weighted by Gasteiger charge is 1.87. The minimum Gasteiger partial charge on any atom is -0.481 e. The van der Waals surface area contributed by atoms with E-state index in [0.717, 1.165) is 30.1 Å². The van der Waals surface area contributed by atoms with Gasteiger partial charge in [-0.15, -0.1) is 0 Å². The molecule has 0 amide bonds. The SMILES string of the molecule is C.C.C.C.CC.CC.CCCC.CCCC(=O)O.O=Cc1ccccc1.O=Cc1ccccc1. The van der Waals surface area contributed by atoms with Gasteiger partial charge in [0.15, 0.2) is 0 Å². The molecule has 0 bridgehead atoms. The Balaban J connectivity index is -0.0000000414. The maximum absolute atomic E-state index is 10.0. The minimum absolute atomic E-state index is 0. The van der Waals surface area contributed by atoms with Crippen LogP contribution in [0.3, 0.4) is 0 Å². The smallest absolute Gasteiger partial charge is 0.303 e. The summed E-state index contributed by atoms with van der Waals surface area (Å²) in [6.45, 7) is 14.2. The number of carbonyl (C=O) groups is 3. The number of carbonyl (C=O) groups excluding carboxylic acids is 2. The summed E-state index contributed by atoms with van der Waals surface area (Å²) in [5.74, 6) is -0.711. The third-order valence-electron chi connectivity index (χ3n) is 2.84. The van der Waals surface area contributed by atoms with E-state index in [1.54, 1.807) is 24.3 Å². The molecule has 2 aromatic carbocycles. The molecule has 2 aromatic rings. The highest BCUT2D eigenvalue weighted by molar-refractivity contribution is 5.74. The predicted octanol–water partition coefficient (Wildman–Crippen LogP) is 10.3. The van der Waals surface area contributed by atoms with Crippen LogP contribution in [-0.4, -0.2) is 23.6 Å². The monoisotopic (exact) mass is 482 g/mol. The lowest BCUT2D eigenvalue weighted by Crippen LogP contribution is -1.90. The molecular formula is C30H58O4. The van der Waals surface area contributed by atoms with Crippen molar-refractivity contribution in [3.63, 3.8) is 0 Å². The highest BCUT2D eigenvalue weighted by Crippen LogP contribution is 1.92. The van der Waals surface area contributed by atoms with Crippen molar-refractivity contribution in [2.24, 2.45) is 0 Å². The summed E-state index contributed by atoms with van der Waals surface area (Å²) >= 11 is 0. The van der Waals surface area contributed by atoms with Crippen LogP contribution in [0.2, 0.25) is 0 Å². The fourth-order valence-electron chi connectivity index (χ4n) is 1.28. The normalized spacial score (nSPS) is 6.68. The van der Waals surface area contributed by atoms with Crippen LogP contribution in [0.5, 0.6) is 0 Å². The van der Waals surface area contributed by atoms with Crippen LogP contribution in [-0.2, 0) is 4.79 Å². The Bertz CT molecular complexity index is 521. The van der Waals surface area contributed by atoms with Crippen molar-refractivity contribution in [2.75, 3.05) is 0 Å². The molecule has 0 atom stereocenters. The molecule has 0 aliphatic heterocycles. The molecule has 0 fully saturated rings. The van der Waals surface area contributed by atoms with Crippen molar-refractivity contribution in [1.82, 2.24) is 0 Å². The van der Waals surface area contributed by atoms with Crippen molar-refractivity contribution in [1.29, 1.82) is 0 Å². The fraction of sp³-hybridized carbons (Fsp3) is 0.500. The number of aliphatic carboxylic acids is 1. The molecule has 0 radical (unpaired) electrons. The van der Waals surface area contributed by atoms with Crippen LogP contribution in [0.15, 0.2) is 60.7 Å². The Morgan fingerprint density at radius 1 is 0.618 bits per heavy atom. The standard InChI is InChI=1S/2C7H6O.C4H8O2.C4H10.2C2H6.4CH4/c2*8-6-7-4-2-1-3-5-7;1-2-3-4(5)6;1-3-4-2;2*1-2;;;;/h2*1-6H;2-3H2,1H3,(H,5,6);3-4H2,1-2H3;2*1-2H3;4*1H4. The largest absolute Gasteiger partial charge is 0.481 e. The van der Waals surface area contributed by atoms with Crippen LogP contribution < -0.4 is 0 Å². The zero-order chi connectivity index (χ0) is 24.0. The van der Waals surface area contributed by atoms with Gasteiger partial charge in [-0.1, -0.05) is 152 Å². The molecule has 0 unspecified atom stereocenters. The first-order valence-electron chi connectivity index (χ1n) is 10.8. The zero-order valence-corrected chi connectivity index (χ0v) is 19.9. The molecule has 0 aliphatic carbocycles. The van der Waals surface area contributed by atoms with Crippen molar-refractivity contribution >= 4 is 18.5 Å². The van der Waals surface area contributed by atoms with E-state index in [2.05, 4.69) is 13.8 Å². The Morgan fingerprint density at radius 3 is 0.971 bits per heavy atom. The number of carboxylic acids is 1. The van der Waals surface area contributed by atoms with Gasteiger partial charge >= 0.3 is 5.97 Å². The average molecular weight is 483 g/mol. The summed E-state index contributed by atoms with van der Waals surface area (Å²) in [7, 11) is 0. The van der Waals surface area contributed by atoms with Gasteiger partial charge in [-0.2, -0.15) is 0 Å². The lowest BCUT2D eigenvalue weighted by Gasteiger charge is -1.81. The second-order valence-corrected chi connectivity index (χ2v) is 5.20. The third kappa shape index (κ3) is 51.7. The molecule has 0 saturated carbocycles. The van der Waals surface area contributed by atoms with E-state index in [1.165, 1.54) is 12.8 Å². The first-order chi connectivity index (χ1) is 14.5. The first kappa shape index (κ1) is 52.9. The first-order valence-corrected chi connectivity index (χ1v) is 10.8. The second kappa shape index (κ2) is 52.3. The van der Waals surface area contributed by atoms with E-state index in [9.17, 15) is 14.4 Å². The van der Waals surface area contributed by atoms with Crippen LogP contribution in [0.1, 0.15) is 125 Å². The highest BCUT2D eigenvalue weighted by atomic mass is 16.4. The van der Waals surface area contributed by atoms with E-state index in [4.69, 9.17) is 5.11 Å². The molecule has 0 aromatic heterocycles. The van der Waals surface area contributed by atoms with Gasteiger partial charge < -0.3 is 5.11 Å². The minimum atomic E-state index is -0.711. The number of benzene rings is 2. The van der Waals surface area contributed by atoms with Gasteiger partial charge in [0.2, 0.25) is 0 Å². The molecule has 4 nitrogen and oxygen atoms in total. The summed E-state index contributed by atoms with van der Waals surface area (Å²) in [6, 6.07) is 18.2. The Morgan fingerprint density at radius 2 is 0.882 bits per heavy atom. The van der Waals surface area contributed by atoms with Crippen molar-refractivity contribution in [3.8, 4) is 0 Å². The molecule has 0 heterocycles. The quantitative estimate of drug-likeness (QED) is 0.430. The summed E-state index contributed by atoms with van der Waals surface area (Å²) < 4.78 is 0. The van der Waals surface area contributed by atoms with Crippen LogP contribution in [0.25, 0.3) is 0 Å².